The van der Waals surface area contributed by atoms with Gasteiger partial charge in [-0.3, -0.25) is 0 Å². The molecule has 0 aliphatic rings. The predicted octanol–water partition coefficient (Wildman–Crippen LogP) is 7.84. The highest BCUT2D eigenvalue weighted by Gasteiger charge is 2.35. The fourth-order valence-electron chi connectivity index (χ4n) is 4.93. The second-order valence-electron chi connectivity index (χ2n) is 9.47. The van der Waals surface area contributed by atoms with Gasteiger partial charge in [-0.1, -0.05) is 148 Å². The van der Waals surface area contributed by atoms with Crippen molar-refractivity contribution in [3.8, 4) is 0 Å². The van der Waals surface area contributed by atoms with Gasteiger partial charge in [-0.05, 0) is 67.6 Å². The largest absolute Gasteiger partial charge is 0.0654 e. The van der Waals surface area contributed by atoms with Gasteiger partial charge in [0, 0.05) is 0 Å². The third kappa shape index (κ3) is 6.91. The number of hydrogen-bond acceptors (Lipinski definition) is 0. The van der Waals surface area contributed by atoms with E-state index in [4.69, 9.17) is 0 Å². The average molecular weight is 497 g/mol. The summed E-state index contributed by atoms with van der Waals surface area (Å²) in [5.74, 6) is 0. The van der Waals surface area contributed by atoms with Gasteiger partial charge in [-0.15, -0.1) is 0 Å². The second kappa shape index (κ2) is 13.2. The highest BCUT2D eigenvalue weighted by Crippen LogP contribution is 2.51. The van der Waals surface area contributed by atoms with Gasteiger partial charge in [0.15, 0.2) is 0 Å². The van der Waals surface area contributed by atoms with Crippen LogP contribution in [0.15, 0.2) is 121 Å². The third-order valence-electron chi connectivity index (χ3n) is 7.07. The van der Waals surface area contributed by atoms with Crippen LogP contribution in [0.25, 0.3) is 0 Å². The maximum absolute atomic E-state index is 2.45. The molecule has 0 fully saturated rings. The Morgan fingerprint density at radius 3 is 1.06 bits per heavy atom. The summed E-state index contributed by atoms with van der Waals surface area (Å²) in [5, 5.41) is 6.03. The molecular formula is C33H38P2. The average Bonchev–Trinajstić information content (AvgIpc) is 2.95. The zero-order valence-corrected chi connectivity index (χ0v) is 23.0. The van der Waals surface area contributed by atoms with Crippen LogP contribution in [-0.2, 0) is 0 Å². The standard InChI is InChI=1S/C33H38P2/c1-3-5-26-33(4-2,27-34(29-18-10-6-11-19-29)30-20-12-7-13-21-30)28-35(31-22-14-8-15-23-31)32-24-16-9-17-25-32/h6-25H,3-5,26-28H2,1-2H3. The van der Waals surface area contributed by atoms with Crippen molar-refractivity contribution in [1.82, 2.24) is 0 Å². The molecule has 0 N–H and O–H groups in total. The Morgan fingerprint density at radius 2 is 0.800 bits per heavy atom. The molecule has 2 heteroatoms. The molecule has 0 amide bonds. The predicted molar refractivity (Wildman–Crippen MR) is 160 cm³/mol. The van der Waals surface area contributed by atoms with Crippen LogP contribution in [-0.4, -0.2) is 12.3 Å². The quantitative estimate of drug-likeness (QED) is 0.175. The Morgan fingerprint density at radius 1 is 0.486 bits per heavy atom. The lowest BCUT2D eigenvalue weighted by Gasteiger charge is -2.40. The van der Waals surface area contributed by atoms with E-state index in [1.54, 1.807) is 0 Å². The molecule has 4 aromatic rings. The highest BCUT2D eigenvalue weighted by molar-refractivity contribution is 7.74. The van der Waals surface area contributed by atoms with Gasteiger partial charge >= 0.3 is 0 Å². The van der Waals surface area contributed by atoms with Crippen LogP contribution >= 0.6 is 15.8 Å². The Hall–Kier alpha value is -2.26. The molecule has 0 unspecified atom stereocenters. The van der Waals surface area contributed by atoms with Crippen molar-refractivity contribution >= 4 is 37.1 Å². The van der Waals surface area contributed by atoms with Gasteiger partial charge in [0.25, 0.3) is 0 Å². The fourth-order valence-corrected chi connectivity index (χ4v) is 10.9. The second-order valence-corrected chi connectivity index (χ2v) is 13.9. The summed E-state index contributed by atoms with van der Waals surface area (Å²) < 4.78 is 0. The molecular weight excluding hydrogens is 458 g/mol. The maximum atomic E-state index is 2.45. The molecule has 0 heterocycles. The zero-order valence-electron chi connectivity index (χ0n) is 21.2. The summed E-state index contributed by atoms with van der Waals surface area (Å²) in [6, 6.07) is 45.2. The Balaban J connectivity index is 1.76. The zero-order chi connectivity index (χ0) is 24.3. The molecule has 0 saturated carbocycles. The number of hydrogen-bond donors (Lipinski definition) is 0. The van der Waals surface area contributed by atoms with Crippen LogP contribution in [0, 0.1) is 5.41 Å². The van der Waals surface area contributed by atoms with E-state index in [9.17, 15) is 0 Å². The molecule has 4 rings (SSSR count). The lowest BCUT2D eigenvalue weighted by Crippen LogP contribution is -2.34. The van der Waals surface area contributed by atoms with Gasteiger partial charge < -0.3 is 0 Å². The first-order valence-corrected chi connectivity index (χ1v) is 16.1. The van der Waals surface area contributed by atoms with Crippen molar-refractivity contribution in [1.29, 1.82) is 0 Å². The molecule has 0 nitrogen and oxygen atoms in total. The van der Waals surface area contributed by atoms with Gasteiger partial charge in [-0.25, -0.2) is 0 Å². The van der Waals surface area contributed by atoms with Gasteiger partial charge in [-0.2, -0.15) is 0 Å². The monoisotopic (exact) mass is 496 g/mol. The fraction of sp³-hybridized carbons (Fsp3) is 0.273. The summed E-state index contributed by atoms with van der Waals surface area (Å²) in [6.45, 7) is 4.79. The van der Waals surface area contributed by atoms with E-state index in [1.165, 1.54) is 59.2 Å². The summed E-state index contributed by atoms with van der Waals surface area (Å²) in [4.78, 5) is 0. The Labute approximate surface area is 215 Å². The summed E-state index contributed by atoms with van der Waals surface area (Å²) in [7, 11) is -0.838. The number of benzene rings is 4. The van der Waals surface area contributed by atoms with Crippen molar-refractivity contribution < 1.29 is 0 Å². The molecule has 0 saturated heterocycles. The highest BCUT2D eigenvalue weighted by atomic mass is 31.1. The van der Waals surface area contributed by atoms with Gasteiger partial charge in [0.05, 0.1) is 0 Å². The normalized spacial score (nSPS) is 11.8. The Kier molecular flexibility index (Phi) is 9.71. The molecule has 0 spiro atoms. The Bertz CT molecular complexity index is 947. The first-order chi connectivity index (χ1) is 17.2. The van der Waals surface area contributed by atoms with Crippen molar-refractivity contribution in [2.24, 2.45) is 5.41 Å². The van der Waals surface area contributed by atoms with Crippen molar-refractivity contribution in [3.63, 3.8) is 0 Å². The molecule has 4 aromatic carbocycles. The molecule has 0 radical (unpaired) electrons. The third-order valence-corrected chi connectivity index (χ3v) is 12.7. The van der Waals surface area contributed by atoms with Gasteiger partial charge in [0.2, 0.25) is 0 Å². The minimum atomic E-state index is -0.419. The lowest BCUT2D eigenvalue weighted by atomic mass is 9.84. The van der Waals surface area contributed by atoms with E-state index in [1.807, 2.05) is 0 Å². The minimum Gasteiger partial charge on any atom is -0.0654 e. The number of unbranched alkanes of at least 4 members (excludes halogenated alkanes) is 1. The van der Waals surface area contributed by atoms with Crippen LogP contribution in [0.4, 0.5) is 0 Å². The molecule has 0 aromatic heterocycles. The lowest BCUT2D eigenvalue weighted by molar-refractivity contribution is 0.325. The molecule has 0 aliphatic carbocycles. The molecule has 0 bridgehead atoms. The van der Waals surface area contributed by atoms with E-state index in [-0.39, 0.29) is 0 Å². The summed E-state index contributed by atoms with van der Waals surface area (Å²) in [6.07, 6.45) is 7.59. The van der Waals surface area contributed by atoms with E-state index >= 15 is 0 Å². The van der Waals surface area contributed by atoms with E-state index in [2.05, 4.69) is 135 Å². The summed E-state index contributed by atoms with van der Waals surface area (Å²) in [5.41, 5.74) is 0.310. The van der Waals surface area contributed by atoms with Crippen LogP contribution in [0.3, 0.4) is 0 Å². The van der Waals surface area contributed by atoms with Crippen molar-refractivity contribution in [3.05, 3.63) is 121 Å². The molecule has 180 valence electrons. The maximum Gasteiger partial charge on any atom is -0.0185 e. The molecule has 0 aliphatic heterocycles. The summed E-state index contributed by atoms with van der Waals surface area (Å²) >= 11 is 0. The first-order valence-electron chi connectivity index (χ1n) is 13.0. The first kappa shape index (κ1) is 25.8. The minimum absolute atomic E-state index is 0.310. The van der Waals surface area contributed by atoms with Crippen LogP contribution in [0.1, 0.15) is 39.5 Å². The number of rotatable bonds is 12. The van der Waals surface area contributed by atoms with E-state index in [0.29, 0.717) is 5.41 Å². The molecule has 35 heavy (non-hydrogen) atoms. The van der Waals surface area contributed by atoms with Crippen LogP contribution in [0.2, 0.25) is 0 Å². The van der Waals surface area contributed by atoms with Crippen LogP contribution in [0.5, 0.6) is 0 Å². The molecule has 0 atom stereocenters. The van der Waals surface area contributed by atoms with Crippen LogP contribution < -0.4 is 21.2 Å². The smallest absolute Gasteiger partial charge is 0.0185 e. The van der Waals surface area contributed by atoms with Crippen molar-refractivity contribution in [2.45, 2.75) is 39.5 Å². The SMILES string of the molecule is CCCCC(CC)(CP(c1ccccc1)c1ccccc1)CP(c1ccccc1)c1ccccc1. The van der Waals surface area contributed by atoms with Gasteiger partial charge in [0.1, 0.15) is 0 Å². The van der Waals surface area contributed by atoms with E-state index in [0.717, 1.165) is 0 Å². The van der Waals surface area contributed by atoms with Crippen molar-refractivity contribution in [2.75, 3.05) is 12.3 Å². The topological polar surface area (TPSA) is 0 Å². The van der Waals surface area contributed by atoms with E-state index < -0.39 is 15.8 Å².